The van der Waals surface area contributed by atoms with Crippen molar-refractivity contribution in [2.24, 2.45) is 29.6 Å². The molecule has 2 amide bonds. The number of carbonyl (C=O) groups is 2. The lowest BCUT2D eigenvalue weighted by molar-refractivity contribution is -0.123. The van der Waals surface area contributed by atoms with Crippen molar-refractivity contribution in [1.29, 1.82) is 0 Å². The van der Waals surface area contributed by atoms with E-state index in [9.17, 15) is 14.4 Å². The summed E-state index contributed by atoms with van der Waals surface area (Å²) in [6.07, 6.45) is 0.840. The predicted molar refractivity (Wildman–Crippen MR) is 166 cm³/mol. The number of nitrogens with zero attached hydrogens (tertiary/aromatic N) is 1. The van der Waals surface area contributed by atoms with Crippen molar-refractivity contribution in [2.75, 3.05) is 12.0 Å². The summed E-state index contributed by atoms with van der Waals surface area (Å²) in [6, 6.07) is 22.7. The van der Waals surface area contributed by atoms with Crippen molar-refractivity contribution in [3.8, 4) is 11.5 Å². The minimum absolute atomic E-state index is 0.0415. The number of methoxy groups -OCH3 is 1. The monoisotopic (exact) mass is 630 g/mol. The molecule has 7 nitrogen and oxygen atoms in total. The zero-order valence-electron chi connectivity index (χ0n) is 23.1. The minimum atomic E-state index is -0.344. The number of amides is 2. The molecule has 4 aliphatic rings. The third-order valence-corrected chi connectivity index (χ3v) is 12.4. The molecule has 2 saturated carbocycles. The number of rotatable bonds is 6. The van der Waals surface area contributed by atoms with Crippen LogP contribution in [-0.2, 0) is 16.2 Å². The molecule has 1 aromatic heterocycles. The van der Waals surface area contributed by atoms with Crippen molar-refractivity contribution in [1.82, 2.24) is 4.98 Å². The second kappa shape index (κ2) is 10.3. The van der Waals surface area contributed by atoms with Gasteiger partial charge in [-0.05, 0) is 71.7 Å². The highest BCUT2D eigenvalue weighted by molar-refractivity contribution is 8.00. The Balaban J connectivity index is 1.15. The fraction of sp³-hybridized carbons (Fsp3) is 0.303. The van der Waals surface area contributed by atoms with E-state index in [0.29, 0.717) is 28.8 Å². The van der Waals surface area contributed by atoms with Gasteiger partial charge in [-0.3, -0.25) is 19.3 Å². The van der Waals surface area contributed by atoms with Gasteiger partial charge in [0.25, 0.3) is 0 Å². The lowest BCUT2D eigenvalue weighted by Crippen LogP contribution is -2.42. The molecule has 7 atom stereocenters. The number of fused-ring (bicyclic) bond motifs is 9. The van der Waals surface area contributed by atoms with Crippen LogP contribution in [0, 0.1) is 29.6 Å². The third kappa shape index (κ3) is 4.19. The Kier molecular flexibility index (Phi) is 6.47. The molecule has 10 heteroatoms. The standard InChI is InChI=1S/C33H27ClN2O5S2/c1-40-23-13-17(9-12-22(23)41-15-16-7-10-18(34)11-8-16)24-25-20-14-21(28(25)42-30-29(24)43-33(39)35-30)27-26(20)31(37)36(32(27)38)19-5-3-2-4-6-19/h2-13,20-21,24-28H,14-15H2,1H3,(H,35,39)/t20?,21?,24-,25?,26?,27?,28?/m1/s1. The number of nitrogens with one attached hydrogen (secondary N) is 1. The second-order valence-electron chi connectivity index (χ2n) is 11.6. The molecular weight excluding hydrogens is 604 g/mol. The van der Waals surface area contributed by atoms with E-state index < -0.39 is 0 Å². The smallest absolute Gasteiger partial charge is 0.305 e. The Labute approximate surface area is 261 Å². The van der Waals surface area contributed by atoms with Crippen molar-refractivity contribution in [2.45, 2.75) is 29.2 Å². The van der Waals surface area contributed by atoms with Crippen molar-refractivity contribution in [3.63, 3.8) is 0 Å². The number of H-pyrrole nitrogens is 1. The highest BCUT2D eigenvalue weighted by atomic mass is 35.5. The predicted octanol–water partition coefficient (Wildman–Crippen LogP) is 6.36. The summed E-state index contributed by atoms with van der Waals surface area (Å²) in [6.45, 7) is 0.363. The molecule has 3 aromatic carbocycles. The van der Waals surface area contributed by atoms with Gasteiger partial charge in [0.1, 0.15) is 6.61 Å². The highest BCUT2D eigenvalue weighted by Crippen LogP contribution is 2.68. The largest absolute Gasteiger partial charge is 0.493 e. The molecule has 8 rings (SSSR count). The quantitative estimate of drug-likeness (QED) is 0.250. The summed E-state index contributed by atoms with van der Waals surface area (Å²) in [5, 5.41) is 1.67. The van der Waals surface area contributed by atoms with E-state index in [0.717, 1.165) is 27.5 Å². The number of hydrogen-bond acceptors (Lipinski definition) is 7. The molecule has 2 aliphatic heterocycles. The van der Waals surface area contributed by atoms with E-state index in [1.165, 1.54) is 16.2 Å². The average molecular weight is 631 g/mol. The summed E-state index contributed by atoms with van der Waals surface area (Å²) < 4.78 is 11.9. The molecule has 3 heterocycles. The molecule has 1 N–H and O–H groups in total. The highest BCUT2D eigenvalue weighted by Gasteiger charge is 2.69. The molecule has 43 heavy (non-hydrogen) atoms. The molecule has 4 aromatic rings. The lowest BCUT2D eigenvalue weighted by atomic mass is 9.68. The summed E-state index contributed by atoms with van der Waals surface area (Å²) in [4.78, 5) is 45.7. The van der Waals surface area contributed by atoms with Crippen LogP contribution in [0.4, 0.5) is 5.69 Å². The van der Waals surface area contributed by atoms with Crippen molar-refractivity contribution >= 4 is 52.2 Å². The van der Waals surface area contributed by atoms with Crippen LogP contribution in [0.5, 0.6) is 11.5 Å². The normalized spacial score (nSPS) is 28.5. The minimum Gasteiger partial charge on any atom is -0.493 e. The molecule has 1 saturated heterocycles. The van der Waals surface area contributed by atoms with E-state index in [1.54, 1.807) is 18.9 Å². The summed E-state index contributed by atoms with van der Waals surface area (Å²) in [5.74, 6) is 0.494. The third-order valence-electron chi connectivity index (χ3n) is 9.59. The molecular formula is C33H27ClN2O5S2. The van der Waals surface area contributed by atoms with Gasteiger partial charge in [-0.1, -0.05) is 59.3 Å². The van der Waals surface area contributed by atoms with Gasteiger partial charge in [0.2, 0.25) is 11.8 Å². The van der Waals surface area contributed by atoms with E-state index in [1.807, 2.05) is 72.8 Å². The molecule has 218 valence electrons. The fourth-order valence-corrected chi connectivity index (χ4v) is 11.0. The fourth-order valence-electron chi connectivity index (χ4n) is 7.96. The Bertz CT molecular complexity index is 1810. The second-order valence-corrected chi connectivity index (χ2v) is 14.3. The number of anilines is 1. The van der Waals surface area contributed by atoms with Crippen molar-refractivity contribution < 1.29 is 19.1 Å². The SMILES string of the molecule is COc1cc([C@H]2c3sc(=O)[nH]c3SC3C4CC(C5C(=O)N(c6ccccc6)C(=O)C45)C32)ccc1OCc1ccc(Cl)cc1. The average Bonchev–Trinajstić information content (AvgIpc) is 3.76. The Morgan fingerprint density at radius 1 is 0.930 bits per heavy atom. The Hall–Kier alpha value is -3.53. The first-order chi connectivity index (χ1) is 20.9. The van der Waals surface area contributed by atoms with Gasteiger partial charge < -0.3 is 14.5 Å². The number of thioether (sulfide) groups is 1. The maximum absolute atomic E-state index is 13.9. The molecule has 2 bridgehead atoms. The van der Waals surface area contributed by atoms with Gasteiger partial charge in [-0.2, -0.15) is 0 Å². The topological polar surface area (TPSA) is 88.7 Å². The summed E-state index contributed by atoms with van der Waals surface area (Å²) in [5.41, 5.74) is 2.64. The molecule has 0 spiro atoms. The van der Waals surface area contributed by atoms with Crippen LogP contribution < -0.4 is 19.2 Å². The Morgan fingerprint density at radius 3 is 2.42 bits per heavy atom. The molecule has 3 fully saturated rings. The number of ether oxygens (including phenoxy) is 2. The van der Waals surface area contributed by atoms with Gasteiger partial charge in [0.05, 0.1) is 29.7 Å². The zero-order valence-corrected chi connectivity index (χ0v) is 25.5. The number of para-hydroxylation sites is 1. The number of benzene rings is 3. The zero-order chi connectivity index (χ0) is 29.4. The number of thiazole rings is 1. The van der Waals surface area contributed by atoms with Gasteiger partial charge >= 0.3 is 4.87 Å². The number of aromatic nitrogens is 1. The van der Waals surface area contributed by atoms with Crippen LogP contribution in [0.25, 0.3) is 0 Å². The first-order valence-electron chi connectivity index (χ1n) is 14.3. The number of imide groups is 1. The van der Waals surface area contributed by atoms with Crippen LogP contribution in [-0.4, -0.2) is 29.2 Å². The van der Waals surface area contributed by atoms with Gasteiger partial charge in [0, 0.05) is 21.1 Å². The molecule has 0 radical (unpaired) electrons. The first-order valence-corrected chi connectivity index (χ1v) is 16.4. The van der Waals surface area contributed by atoms with E-state index in [4.69, 9.17) is 21.1 Å². The van der Waals surface area contributed by atoms with Crippen LogP contribution in [0.1, 0.15) is 28.3 Å². The lowest BCUT2D eigenvalue weighted by Gasteiger charge is -2.43. The van der Waals surface area contributed by atoms with E-state index in [2.05, 4.69) is 4.98 Å². The summed E-state index contributed by atoms with van der Waals surface area (Å²) >= 11 is 8.96. The van der Waals surface area contributed by atoms with E-state index >= 15 is 0 Å². The van der Waals surface area contributed by atoms with Crippen molar-refractivity contribution in [3.05, 3.63) is 103 Å². The number of halogens is 1. The molecule has 6 unspecified atom stereocenters. The van der Waals surface area contributed by atoms with Crippen LogP contribution in [0.3, 0.4) is 0 Å². The van der Waals surface area contributed by atoms with Crippen LogP contribution in [0.2, 0.25) is 5.02 Å². The van der Waals surface area contributed by atoms with Gasteiger partial charge in [0.15, 0.2) is 11.5 Å². The number of carbonyl (C=O) groups excluding carboxylic acids is 2. The maximum Gasteiger partial charge on any atom is 0.305 e. The number of hydrogen-bond donors (Lipinski definition) is 1. The van der Waals surface area contributed by atoms with Crippen LogP contribution in [0.15, 0.2) is 82.6 Å². The first kappa shape index (κ1) is 27.0. The summed E-state index contributed by atoms with van der Waals surface area (Å²) in [7, 11) is 1.62. The maximum atomic E-state index is 13.9. The van der Waals surface area contributed by atoms with Crippen LogP contribution >= 0.6 is 34.7 Å². The Morgan fingerprint density at radius 2 is 1.67 bits per heavy atom. The molecule has 2 aliphatic carbocycles. The number of aromatic amines is 1. The van der Waals surface area contributed by atoms with E-state index in [-0.39, 0.29) is 57.4 Å². The van der Waals surface area contributed by atoms with Gasteiger partial charge in [-0.15, -0.1) is 11.8 Å². The van der Waals surface area contributed by atoms with Gasteiger partial charge in [-0.25, -0.2) is 0 Å².